The molecule has 0 aliphatic heterocycles. The molecule has 0 saturated heterocycles. The molecule has 0 spiro atoms. The maximum absolute atomic E-state index is 13.6. The highest BCUT2D eigenvalue weighted by Gasteiger charge is 2.44. The summed E-state index contributed by atoms with van der Waals surface area (Å²) in [5.41, 5.74) is 5.76. The van der Waals surface area contributed by atoms with E-state index in [4.69, 9.17) is 5.10 Å². The Morgan fingerprint density at radius 1 is 0.850 bits per heavy atom. The number of hydrogen-bond acceptors (Lipinski definition) is 4. The normalized spacial score (nSPS) is 16.8. The van der Waals surface area contributed by atoms with E-state index in [2.05, 4.69) is 94.7 Å². The minimum absolute atomic E-state index is 0.0247. The van der Waals surface area contributed by atoms with Crippen LogP contribution in [0.2, 0.25) is 0 Å². The van der Waals surface area contributed by atoms with Gasteiger partial charge in [0.1, 0.15) is 0 Å². The zero-order valence-electron chi connectivity index (χ0n) is 22.5. The molecule has 1 amide bonds. The molecule has 5 nitrogen and oxygen atoms in total. The van der Waals surface area contributed by atoms with E-state index in [0.717, 1.165) is 34.4 Å². The highest BCUT2D eigenvalue weighted by Crippen LogP contribution is 2.47. The lowest BCUT2D eigenvalue weighted by atomic mass is 10.0. The van der Waals surface area contributed by atoms with Gasteiger partial charge in [0.25, 0.3) is 0 Å². The largest absolute Gasteiger partial charge is 0.345 e. The second-order valence-electron chi connectivity index (χ2n) is 10.4. The second-order valence-corrected chi connectivity index (χ2v) is 11.3. The number of carbonyl (C=O) groups excluding carboxylic acids is 1. The standard InChI is InChI=1S/C34H32N4OS/c1-24-17-19-28(20-18-24)38-32(36-37-34(38)40-23-26-13-7-3-8-14-26)31(21-25-11-5-2-6-12-25)35-33(39)30-22-29(30)27-15-9-4-10-16-27/h2-20,29-31H,21-23H2,1H3,(H,35,39)/t29-,30?,31?/m0/s1. The third-order valence-corrected chi connectivity index (χ3v) is 8.43. The molecule has 1 fully saturated rings. The van der Waals surface area contributed by atoms with E-state index in [-0.39, 0.29) is 23.8 Å². The van der Waals surface area contributed by atoms with E-state index >= 15 is 0 Å². The minimum atomic E-state index is -0.327. The number of aromatic nitrogens is 3. The molecule has 0 bridgehead atoms. The Morgan fingerprint density at radius 2 is 1.48 bits per heavy atom. The maximum Gasteiger partial charge on any atom is 0.224 e. The van der Waals surface area contributed by atoms with Gasteiger partial charge in [0.15, 0.2) is 11.0 Å². The molecular formula is C34H32N4OS. The van der Waals surface area contributed by atoms with Crippen molar-refractivity contribution in [3.63, 3.8) is 0 Å². The second kappa shape index (κ2) is 11.9. The maximum atomic E-state index is 13.6. The first-order chi connectivity index (χ1) is 19.7. The van der Waals surface area contributed by atoms with E-state index < -0.39 is 0 Å². The van der Waals surface area contributed by atoms with Gasteiger partial charge in [-0.3, -0.25) is 9.36 Å². The van der Waals surface area contributed by atoms with Gasteiger partial charge in [-0.1, -0.05) is 120 Å². The van der Waals surface area contributed by atoms with Gasteiger partial charge in [0.05, 0.1) is 6.04 Å². The van der Waals surface area contributed by atoms with Gasteiger partial charge in [-0.05, 0) is 54.5 Å². The summed E-state index contributed by atoms with van der Waals surface area (Å²) >= 11 is 1.66. The molecule has 6 heteroatoms. The molecule has 1 aliphatic rings. The zero-order valence-corrected chi connectivity index (χ0v) is 23.3. The van der Waals surface area contributed by atoms with Crippen molar-refractivity contribution in [2.24, 2.45) is 5.92 Å². The molecule has 200 valence electrons. The van der Waals surface area contributed by atoms with Gasteiger partial charge < -0.3 is 5.32 Å². The molecule has 1 aromatic heterocycles. The average Bonchev–Trinajstić information content (AvgIpc) is 3.70. The predicted octanol–water partition coefficient (Wildman–Crippen LogP) is 7.07. The fourth-order valence-corrected chi connectivity index (χ4v) is 6.06. The lowest BCUT2D eigenvalue weighted by Gasteiger charge is -2.20. The van der Waals surface area contributed by atoms with Crippen LogP contribution in [0, 0.1) is 12.8 Å². The highest BCUT2D eigenvalue weighted by atomic mass is 32.2. The molecule has 5 aromatic rings. The number of nitrogens with one attached hydrogen (secondary N) is 1. The van der Waals surface area contributed by atoms with Gasteiger partial charge in [-0.25, -0.2) is 0 Å². The summed E-state index contributed by atoms with van der Waals surface area (Å²) in [4.78, 5) is 13.6. The molecule has 4 aromatic carbocycles. The van der Waals surface area contributed by atoms with E-state index in [1.165, 1.54) is 16.7 Å². The van der Waals surface area contributed by atoms with Crippen LogP contribution in [0.1, 0.15) is 46.5 Å². The number of carbonyl (C=O) groups is 1. The number of hydrogen-bond donors (Lipinski definition) is 1. The molecular weight excluding hydrogens is 512 g/mol. The van der Waals surface area contributed by atoms with Crippen molar-refractivity contribution in [3.05, 3.63) is 143 Å². The number of benzene rings is 4. The van der Waals surface area contributed by atoms with Crippen LogP contribution in [0.3, 0.4) is 0 Å². The quantitative estimate of drug-likeness (QED) is 0.191. The smallest absolute Gasteiger partial charge is 0.224 e. The molecule has 3 atom stereocenters. The summed E-state index contributed by atoms with van der Waals surface area (Å²) in [6.45, 7) is 2.08. The Hall–Kier alpha value is -4.16. The SMILES string of the molecule is Cc1ccc(-n2c(SCc3ccccc3)nnc2C(Cc2ccccc2)NC(=O)C2C[C@H]2c2ccccc2)cc1. The molecule has 40 heavy (non-hydrogen) atoms. The van der Waals surface area contributed by atoms with E-state index in [1.807, 2.05) is 42.5 Å². The molecule has 2 unspecified atom stereocenters. The Bertz CT molecular complexity index is 1550. The first kappa shape index (κ1) is 26.1. The molecule has 1 heterocycles. The van der Waals surface area contributed by atoms with Crippen LogP contribution in [0.25, 0.3) is 5.69 Å². The molecule has 0 radical (unpaired) electrons. The summed E-state index contributed by atoms with van der Waals surface area (Å²) in [5, 5.41) is 13.5. The van der Waals surface area contributed by atoms with Gasteiger partial charge in [0.2, 0.25) is 5.91 Å². The predicted molar refractivity (Wildman–Crippen MR) is 160 cm³/mol. The van der Waals surface area contributed by atoms with Crippen LogP contribution in [-0.2, 0) is 17.0 Å². The summed E-state index contributed by atoms with van der Waals surface area (Å²) < 4.78 is 2.11. The summed E-state index contributed by atoms with van der Waals surface area (Å²) in [5.74, 6) is 1.84. The van der Waals surface area contributed by atoms with Crippen LogP contribution in [0.5, 0.6) is 0 Å². The Morgan fingerprint density at radius 3 is 2.15 bits per heavy atom. The van der Waals surface area contributed by atoms with Gasteiger partial charge >= 0.3 is 0 Å². The fraction of sp³-hybridized carbons (Fsp3) is 0.206. The van der Waals surface area contributed by atoms with Gasteiger partial charge in [-0.15, -0.1) is 10.2 Å². The van der Waals surface area contributed by atoms with Crippen molar-refractivity contribution >= 4 is 17.7 Å². The van der Waals surface area contributed by atoms with Crippen molar-refractivity contribution in [3.8, 4) is 5.69 Å². The Balaban J connectivity index is 1.32. The number of aryl methyl sites for hydroxylation is 1. The topological polar surface area (TPSA) is 59.8 Å². The lowest BCUT2D eigenvalue weighted by Crippen LogP contribution is -2.33. The average molecular weight is 545 g/mol. The Kier molecular flexibility index (Phi) is 7.78. The van der Waals surface area contributed by atoms with E-state index in [1.54, 1.807) is 11.8 Å². The molecule has 6 rings (SSSR count). The summed E-state index contributed by atoms with van der Waals surface area (Å²) in [6, 6.07) is 39.1. The highest BCUT2D eigenvalue weighted by molar-refractivity contribution is 7.98. The van der Waals surface area contributed by atoms with E-state index in [9.17, 15) is 4.79 Å². The van der Waals surface area contributed by atoms with Crippen LogP contribution >= 0.6 is 11.8 Å². The van der Waals surface area contributed by atoms with Crippen molar-refractivity contribution in [2.75, 3.05) is 0 Å². The van der Waals surface area contributed by atoms with Crippen molar-refractivity contribution in [2.45, 2.75) is 42.6 Å². The number of rotatable bonds is 10. The fourth-order valence-electron chi connectivity index (χ4n) is 5.15. The zero-order chi connectivity index (χ0) is 27.3. The van der Waals surface area contributed by atoms with Gasteiger partial charge in [-0.2, -0.15) is 0 Å². The molecule has 1 saturated carbocycles. The Labute approximate surface area is 239 Å². The van der Waals surface area contributed by atoms with Crippen LogP contribution in [0.4, 0.5) is 0 Å². The number of amides is 1. The van der Waals surface area contributed by atoms with Crippen LogP contribution in [0.15, 0.2) is 120 Å². The monoisotopic (exact) mass is 544 g/mol. The lowest BCUT2D eigenvalue weighted by molar-refractivity contribution is -0.123. The van der Waals surface area contributed by atoms with E-state index in [0.29, 0.717) is 6.42 Å². The van der Waals surface area contributed by atoms with Crippen LogP contribution in [-0.4, -0.2) is 20.7 Å². The third kappa shape index (κ3) is 6.02. The van der Waals surface area contributed by atoms with Crippen molar-refractivity contribution in [1.29, 1.82) is 0 Å². The molecule has 1 aliphatic carbocycles. The minimum Gasteiger partial charge on any atom is -0.345 e. The van der Waals surface area contributed by atoms with Gasteiger partial charge in [0, 0.05) is 17.4 Å². The van der Waals surface area contributed by atoms with Crippen molar-refractivity contribution < 1.29 is 4.79 Å². The number of thioether (sulfide) groups is 1. The number of nitrogens with zero attached hydrogens (tertiary/aromatic N) is 3. The molecule has 1 N–H and O–H groups in total. The summed E-state index contributed by atoms with van der Waals surface area (Å²) in [7, 11) is 0. The first-order valence-corrected chi connectivity index (χ1v) is 14.7. The first-order valence-electron chi connectivity index (χ1n) is 13.7. The third-order valence-electron chi connectivity index (χ3n) is 7.43. The summed E-state index contributed by atoms with van der Waals surface area (Å²) in [6.07, 6.45) is 1.50. The van der Waals surface area contributed by atoms with Crippen molar-refractivity contribution in [1.82, 2.24) is 20.1 Å². The van der Waals surface area contributed by atoms with Crippen LogP contribution < -0.4 is 5.32 Å².